The molecule has 0 fully saturated rings. The molecule has 1 aromatic heterocycles. The minimum absolute atomic E-state index is 0.202. The van der Waals surface area contributed by atoms with Crippen molar-refractivity contribution in [2.75, 3.05) is 5.73 Å². The molecule has 0 saturated carbocycles. The first-order valence-electron chi connectivity index (χ1n) is 5.64. The zero-order valence-corrected chi connectivity index (χ0v) is 11.4. The Morgan fingerprint density at radius 1 is 1.42 bits per heavy atom. The molecule has 19 heavy (non-hydrogen) atoms. The summed E-state index contributed by atoms with van der Waals surface area (Å²) >= 11 is 0. The van der Waals surface area contributed by atoms with Gasteiger partial charge in [0, 0.05) is 5.69 Å². The van der Waals surface area contributed by atoms with Crippen molar-refractivity contribution in [3.05, 3.63) is 35.9 Å². The summed E-state index contributed by atoms with van der Waals surface area (Å²) in [6.07, 6.45) is 1.33. The van der Waals surface area contributed by atoms with Crippen LogP contribution in [-0.2, 0) is 10.0 Å². The lowest BCUT2D eigenvalue weighted by Crippen LogP contribution is -2.28. The van der Waals surface area contributed by atoms with Crippen LogP contribution in [0, 0.1) is 6.92 Å². The summed E-state index contributed by atoms with van der Waals surface area (Å²) in [5, 5.41) is 6.31. The number of aromatic nitrogens is 3. The second kappa shape index (κ2) is 4.98. The van der Waals surface area contributed by atoms with Gasteiger partial charge in [-0.15, -0.1) is 0 Å². The summed E-state index contributed by atoms with van der Waals surface area (Å²) in [5.74, 6) is 0.455. The molecule has 1 aromatic carbocycles. The van der Waals surface area contributed by atoms with Gasteiger partial charge in [0.15, 0.2) is 0 Å². The van der Waals surface area contributed by atoms with E-state index in [1.165, 1.54) is 12.4 Å². The van der Waals surface area contributed by atoms with Crippen LogP contribution in [0.2, 0.25) is 0 Å². The highest BCUT2D eigenvalue weighted by atomic mass is 32.2. The van der Waals surface area contributed by atoms with E-state index in [1.807, 2.05) is 0 Å². The number of nitrogens with two attached hydrogens (primary N) is 1. The predicted molar refractivity (Wildman–Crippen MR) is 70.7 cm³/mol. The second-order valence-electron chi connectivity index (χ2n) is 4.24. The highest BCUT2D eigenvalue weighted by Crippen LogP contribution is 2.19. The summed E-state index contributed by atoms with van der Waals surface area (Å²) in [6.45, 7) is 3.38. The van der Waals surface area contributed by atoms with Crippen LogP contribution < -0.4 is 10.5 Å². The smallest absolute Gasteiger partial charge is 0.241 e. The molecule has 0 amide bonds. The van der Waals surface area contributed by atoms with Crippen LogP contribution in [0.25, 0.3) is 0 Å². The number of sulfonamides is 1. The van der Waals surface area contributed by atoms with Crippen molar-refractivity contribution in [1.82, 2.24) is 19.9 Å². The maximum absolute atomic E-state index is 12.3. The number of nitrogens with zero attached hydrogens (tertiary/aromatic N) is 2. The number of H-pyrrole nitrogens is 1. The normalized spacial score (nSPS) is 13.4. The van der Waals surface area contributed by atoms with Gasteiger partial charge in [0.1, 0.15) is 12.2 Å². The summed E-state index contributed by atoms with van der Waals surface area (Å²) < 4.78 is 27.0. The Morgan fingerprint density at radius 3 is 2.74 bits per heavy atom. The number of hydrogen-bond donors (Lipinski definition) is 3. The fourth-order valence-corrected chi connectivity index (χ4v) is 3.18. The first kappa shape index (κ1) is 13.5. The van der Waals surface area contributed by atoms with E-state index in [0.29, 0.717) is 17.1 Å². The van der Waals surface area contributed by atoms with E-state index >= 15 is 0 Å². The lowest BCUT2D eigenvalue weighted by molar-refractivity contribution is 0.560. The molecule has 0 aliphatic carbocycles. The lowest BCUT2D eigenvalue weighted by atomic mass is 10.2. The third-order valence-corrected chi connectivity index (χ3v) is 4.37. The number of hydrogen-bond acceptors (Lipinski definition) is 5. The molecule has 0 radical (unpaired) electrons. The number of benzene rings is 1. The summed E-state index contributed by atoms with van der Waals surface area (Å²) in [6, 6.07) is 4.17. The molecule has 4 N–H and O–H groups in total. The van der Waals surface area contributed by atoms with E-state index in [0.717, 1.165) is 0 Å². The quantitative estimate of drug-likeness (QED) is 0.715. The van der Waals surface area contributed by atoms with Crippen molar-refractivity contribution in [2.24, 2.45) is 0 Å². The Kier molecular flexibility index (Phi) is 3.54. The predicted octanol–water partition coefficient (Wildman–Crippen LogP) is 0.735. The van der Waals surface area contributed by atoms with Crippen LogP contribution in [0.4, 0.5) is 5.69 Å². The van der Waals surface area contributed by atoms with Gasteiger partial charge in [-0.05, 0) is 37.6 Å². The third kappa shape index (κ3) is 2.91. The van der Waals surface area contributed by atoms with Gasteiger partial charge in [0.05, 0.1) is 10.9 Å². The topological polar surface area (TPSA) is 114 Å². The van der Waals surface area contributed by atoms with Crippen LogP contribution in [-0.4, -0.2) is 23.6 Å². The van der Waals surface area contributed by atoms with Gasteiger partial charge in [-0.1, -0.05) is 0 Å². The minimum atomic E-state index is -3.63. The number of nitrogens with one attached hydrogen (secondary N) is 2. The van der Waals surface area contributed by atoms with Gasteiger partial charge in [0.2, 0.25) is 10.0 Å². The maximum atomic E-state index is 12.3. The van der Waals surface area contributed by atoms with E-state index in [9.17, 15) is 8.42 Å². The van der Waals surface area contributed by atoms with Gasteiger partial charge in [0.25, 0.3) is 0 Å². The molecule has 1 unspecified atom stereocenters. The molecular weight excluding hydrogens is 266 g/mol. The van der Waals surface area contributed by atoms with E-state index in [2.05, 4.69) is 19.9 Å². The first-order chi connectivity index (χ1) is 8.90. The van der Waals surface area contributed by atoms with Crippen molar-refractivity contribution in [3.8, 4) is 0 Å². The first-order valence-corrected chi connectivity index (χ1v) is 7.12. The summed E-state index contributed by atoms with van der Waals surface area (Å²) in [5.41, 5.74) is 6.73. The van der Waals surface area contributed by atoms with Crippen LogP contribution in [0.1, 0.15) is 24.4 Å². The number of nitrogen functional groups attached to an aromatic ring is 1. The van der Waals surface area contributed by atoms with Gasteiger partial charge in [-0.3, -0.25) is 5.10 Å². The Balaban J connectivity index is 2.28. The van der Waals surface area contributed by atoms with Crippen molar-refractivity contribution in [3.63, 3.8) is 0 Å². The van der Waals surface area contributed by atoms with Crippen LogP contribution >= 0.6 is 0 Å². The third-order valence-electron chi connectivity index (χ3n) is 2.66. The number of anilines is 1. The average molecular weight is 281 g/mol. The van der Waals surface area contributed by atoms with Gasteiger partial charge >= 0.3 is 0 Å². The SMILES string of the molecule is Cc1cc(N)ccc1S(=O)(=O)NC(C)c1ncn[nH]1. The van der Waals surface area contributed by atoms with Gasteiger partial charge < -0.3 is 5.73 Å². The van der Waals surface area contributed by atoms with Crippen molar-refractivity contribution in [1.29, 1.82) is 0 Å². The molecule has 0 aliphatic heterocycles. The molecule has 0 spiro atoms. The monoisotopic (exact) mass is 281 g/mol. The fourth-order valence-electron chi connectivity index (χ4n) is 1.75. The molecule has 102 valence electrons. The summed E-state index contributed by atoms with van der Waals surface area (Å²) in [7, 11) is -3.63. The lowest BCUT2D eigenvalue weighted by Gasteiger charge is -2.13. The molecular formula is C11H15N5O2S. The zero-order chi connectivity index (χ0) is 14.0. The largest absolute Gasteiger partial charge is 0.399 e. The molecule has 2 aromatic rings. The van der Waals surface area contributed by atoms with Crippen molar-refractivity contribution in [2.45, 2.75) is 24.8 Å². The molecule has 1 atom stereocenters. The highest BCUT2D eigenvalue weighted by Gasteiger charge is 2.21. The highest BCUT2D eigenvalue weighted by molar-refractivity contribution is 7.89. The zero-order valence-electron chi connectivity index (χ0n) is 10.6. The molecule has 7 nitrogen and oxygen atoms in total. The molecule has 8 heteroatoms. The Hall–Kier alpha value is -1.93. The minimum Gasteiger partial charge on any atom is -0.399 e. The van der Waals surface area contributed by atoms with E-state index in [1.54, 1.807) is 26.0 Å². The number of rotatable bonds is 4. The number of aryl methyl sites for hydroxylation is 1. The molecule has 0 saturated heterocycles. The van der Waals surface area contributed by atoms with Crippen LogP contribution in [0.3, 0.4) is 0 Å². The second-order valence-corrected chi connectivity index (χ2v) is 5.92. The average Bonchev–Trinajstić information content (AvgIpc) is 2.80. The standard InChI is InChI=1S/C11H15N5O2S/c1-7-5-9(12)3-4-10(7)19(17,18)16-8(2)11-13-6-14-15-11/h3-6,8,16H,12H2,1-2H3,(H,13,14,15). The van der Waals surface area contributed by atoms with Gasteiger partial charge in [-0.25, -0.2) is 18.1 Å². The molecule has 0 bridgehead atoms. The molecule has 1 heterocycles. The van der Waals surface area contributed by atoms with Gasteiger partial charge in [-0.2, -0.15) is 5.10 Å². The Labute approximate surface area is 111 Å². The van der Waals surface area contributed by atoms with E-state index in [4.69, 9.17) is 5.73 Å². The number of aromatic amines is 1. The van der Waals surface area contributed by atoms with Crippen molar-refractivity contribution < 1.29 is 8.42 Å². The molecule has 0 aliphatic rings. The maximum Gasteiger partial charge on any atom is 0.241 e. The van der Waals surface area contributed by atoms with Crippen LogP contribution in [0.5, 0.6) is 0 Å². The van der Waals surface area contributed by atoms with Crippen LogP contribution in [0.15, 0.2) is 29.4 Å². The fraction of sp³-hybridized carbons (Fsp3) is 0.273. The Bertz CT molecular complexity index is 666. The Morgan fingerprint density at radius 2 is 2.16 bits per heavy atom. The summed E-state index contributed by atoms with van der Waals surface area (Å²) in [4.78, 5) is 4.12. The molecule has 2 rings (SSSR count). The van der Waals surface area contributed by atoms with E-state index < -0.39 is 16.1 Å². The van der Waals surface area contributed by atoms with Crippen molar-refractivity contribution >= 4 is 15.7 Å². The van der Waals surface area contributed by atoms with E-state index in [-0.39, 0.29) is 4.90 Å².